The van der Waals surface area contributed by atoms with Crippen LogP contribution in [-0.4, -0.2) is 25.5 Å². The molecular formula is C8H8N4OS. The van der Waals surface area contributed by atoms with Gasteiger partial charge in [0.15, 0.2) is 5.78 Å². The van der Waals surface area contributed by atoms with Crippen LogP contribution in [0, 0.1) is 0 Å². The first-order valence-corrected chi connectivity index (χ1v) is 4.90. The van der Waals surface area contributed by atoms with E-state index >= 15 is 0 Å². The molecule has 0 fully saturated rings. The van der Waals surface area contributed by atoms with Crippen LogP contribution in [0.3, 0.4) is 0 Å². The highest BCUT2D eigenvalue weighted by Crippen LogP contribution is 2.09. The first-order chi connectivity index (χ1) is 6.77. The maximum absolute atomic E-state index is 11.6. The smallest absolute Gasteiger partial charge is 0.181 e. The van der Waals surface area contributed by atoms with Crippen LogP contribution in [0.5, 0.6) is 0 Å². The van der Waals surface area contributed by atoms with Crippen molar-refractivity contribution in [3.05, 3.63) is 28.7 Å². The molecular weight excluding hydrogens is 200 g/mol. The fourth-order valence-corrected chi connectivity index (χ4v) is 1.62. The Bertz CT molecular complexity index is 434. The van der Waals surface area contributed by atoms with E-state index in [9.17, 15) is 4.79 Å². The molecule has 0 saturated carbocycles. The summed E-state index contributed by atoms with van der Waals surface area (Å²) in [5, 5.41) is 3.89. The maximum atomic E-state index is 11.6. The lowest BCUT2D eigenvalue weighted by atomic mass is 10.2. The van der Waals surface area contributed by atoms with Crippen LogP contribution < -0.4 is 0 Å². The van der Waals surface area contributed by atoms with Gasteiger partial charge in [0.05, 0.1) is 16.8 Å². The summed E-state index contributed by atoms with van der Waals surface area (Å²) in [6, 6.07) is 0. The van der Waals surface area contributed by atoms with Crippen LogP contribution in [-0.2, 0) is 13.5 Å². The van der Waals surface area contributed by atoms with E-state index in [1.54, 1.807) is 23.4 Å². The predicted molar refractivity (Wildman–Crippen MR) is 51.2 cm³/mol. The summed E-state index contributed by atoms with van der Waals surface area (Å²) in [6.45, 7) is 0. The van der Waals surface area contributed by atoms with Gasteiger partial charge in [-0.15, -0.1) is 11.3 Å². The summed E-state index contributed by atoms with van der Waals surface area (Å²) >= 11 is 1.34. The SMILES string of the molecule is Cn1ncnc1CC(=O)c1cncs1. The fraction of sp³-hybridized carbons (Fsp3) is 0.250. The molecule has 0 unspecified atom stereocenters. The minimum absolute atomic E-state index is 0.0311. The van der Waals surface area contributed by atoms with Gasteiger partial charge in [-0.1, -0.05) is 0 Å². The van der Waals surface area contributed by atoms with Gasteiger partial charge in [0.25, 0.3) is 0 Å². The molecule has 0 aliphatic rings. The minimum Gasteiger partial charge on any atom is -0.293 e. The van der Waals surface area contributed by atoms with E-state index in [-0.39, 0.29) is 12.2 Å². The summed E-state index contributed by atoms with van der Waals surface area (Å²) in [6.07, 6.45) is 3.29. The van der Waals surface area contributed by atoms with Gasteiger partial charge in [-0.05, 0) is 0 Å². The van der Waals surface area contributed by atoms with E-state index < -0.39 is 0 Å². The summed E-state index contributed by atoms with van der Waals surface area (Å²) in [5.41, 5.74) is 1.64. The first kappa shape index (κ1) is 9.01. The Balaban J connectivity index is 2.13. The number of nitrogens with zero attached hydrogens (tertiary/aromatic N) is 4. The van der Waals surface area contributed by atoms with E-state index in [2.05, 4.69) is 15.1 Å². The number of ketones is 1. The highest BCUT2D eigenvalue weighted by molar-refractivity contribution is 7.11. The fourth-order valence-electron chi connectivity index (χ4n) is 1.06. The Morgan fingerprint density at radius 1 is 1.64 bits per heavy atom. The summed E-state index contributed by atoms with van der Waals surface area (Å²) in [5.74, 6) is 0.701. The molecule has 0 radical (unpaired) electrons. The maximum Gasteiger partial charge on any atom is 0.181 e. The standard InChI is InChI=1S/C8H8N4OS/c1-12-8(10-4-11-12)2-6(13)7-3-9-5-14-7/h3-5H,2H2,1H3. The van der Waals surface area contributed by atoms with Crippen molar-refractivity contribution in [3.63, 3.8) is 0 Å². The number of rotatable bonds is 3. The van der Waals surface area contributed by atoms with E-state index in [1.807, 2.05) is 0 Å². The molecule has 0 atom stereocenters. The molecule has 0 spiro atoms. The third-order valence-electron chi connectivity index (χ3n) is 1.83. The monoisotopic (exact) mass is 208 g/mol. The molecule has 2 rings (SSSR count). The second-order valence-corrected chi connectivity index (χ2v) is 3.65. The molecule has 0 aliphatic carbocycles. The quantitative estimate of drug-likeness (QED) is 0.696. The molecule has 72 valence electrons. The van der Waals surface area contributed by atoms with Gasteiger partial charge in [-0.2, -0.15) is 5.10 Å². The largest absolute Gasteiger partial charge is 0.293 e. The molecule has 0 aliphatic heterocycles. The summed E-state index contributed by atoms with van der Waals surface area (Å²) in [4.78, 5) is 20.1. The molecule has 2 aromatic heterocycles. The van der Waals surface area contributed by atoms with Crippen LogP contribution in [0.4, 0.5) is 0 Å². The zero-order valence-corrected chi connectivity index (χ0v) is 8.36. The van der Waals surface area contributed by atoms with Crippen LogP contribution in [0.1, 0.15) is 15.5 Å². The Kier molecular flexibility index (Phi) is 2.36. The van der Waals surface area contributed by atoms with Crippen molar-refractivity contribution in [1.82, 2.24) is 19.7 Å². The number of thiazole rings is 1. The van der Waals surface area contributed by atoms with Gasteiger partial charge >= 0.3 is 0 Å². The number of Topliss-reactive ketones (excluding diaryl/α,β-unsaturated/α-hetero) is 1. The Morgan fingerprint density at radius 3 is 3.07 bits per heavy atom. The predicted octanol–water partition coefficient (Wildman–Crippen LogP) is 0.697. The zero-order chi connectivity index (χ0) is 9.97. The highest BCUT2D eigenvalue weighted by Gasteiger charge is 2.11. The van der Waals surface area contributed by atoms with E-state index in [1.165, 1.54) is 17.7 Å². The molecule has 5 nitrogen and oxygen atoms in total. The molecule has 14 heavy (non-hydrogen) atoms. The van der Waals surface area contributed by atoms with Gasteiger partial charge in [0, 0.05) is 13.2 Å². The number of aromatic nitrogens is 4. The average Bonchev–Trinajstić information content (AvgIpc) is 2.77. The molecule has 2 aromatic rings. The molecule has 0 amide bonds. The van der Waals surface area contributed by atoms with Crippen LogP contribution in [0.25, 0.3) is 0 Å². The molecule has 0 bridgehead atoms. The Labute approximate surface area is 84.4 Å². The van der Waals surface area contributed by atoms with E-state index in [0.29, 0.717) is 10.7 Å². The number of carbonyl (C=O) groups excluding carboxylic acids is 1. The average molecular weight is 208 g/mol. The molecule has 0 aromatic carbocycles. The molecule has 0 N–H and O–H groups in total. The summed E-state index contributed by atoms with van der Waals surface area (Å²) in [7, 11) is 1.77. The van der Waals surface area contributed by atoms with E-state index in [4.69, 9.17) is 0 Å². The van der Waals surface area contributed by atoms with Gasteiger partial charge in [-0.3, -0.25) is 14.5 Å². The normalized spacial score (nSPS) is 10.4. The number of aryl methyl sites for hydroxylation is 1. The molecule has 2 heterocycles. The van der Waals surface area contributed by atoms with Gasteiger partial charge in [-0.25, -0.2) is 4.98 Å². The van der Waals surface area contributed by atoms with Crippen LogP contribution in [0.2, 0.25) is 0 Å². The second-order valence-electron chi connectivity index (χ2n) is 2.77. The van der Waals surface area contributed by atoms with Crippen molar-refractivity contribution in [2.75, 3.05) is 0 Å². The van der Waals surface area contributed by atoms with Crippen molar-refractivity contribution in [1.29, 1.82) is 0 Å². The van der Waals surface area contributed by atoms with Crippen molar-refractivity contribution < 1.29 is 4.79 Å². The van der Waals surface area contributed by atoms with Gasteiger partial charge in [0.1, 0.15) is 12.2 Å². The third-order valence-corrected chi connectivity index (χ3v) is 2.65. The number of carbonyl (C=O) groups is 1. The topological polar surface area (TPSA) is 60.7 Å². The van der Waals surface area contributed by atoms with Crippen molar-refractivity contribution in [3.8, 4) is 0 Å². The van der Waals surface area contributed by atoms with Crippen molar-refractivity contribution in [2.45, 2.75) is 6.42 Å². The lowest BCUT2D eigenvalue weighted by Gasteiger charge is -1.96. The van der Waals surface area contributed by atoms with Crippen LogP contribution >= 0.6 is 11.3 Å². The van der Waals surface area contributed by atoms with Gasteiger partial charge in [0.2, 0.25) is 0 Å². The zero-order valence-electron chi connectivity index (χ0n) is 7.54. The second kappa shape index (κ2) is 3.67. The molecule has 6 heteroatoms. The lowest BCUT2D eigenvalue weighted by Crippen LogP contribution is -2.07. The van der Waals surface area contributed by atoms with Gasteiger partial charge < -0.3 is 0 Å². The highest BCUT2D eigenvalue weighted by atomic mass is 32.1. The molecule has 0 saturated heterocycles. The van der Waals surface area contributed by atoms with Crippen LogP contribution in [0.15, 0.2) is 18.0 Å². The van der Waals surface area contributed by atoms with Crippen molar-refractivity contribution in [2.24, 2.45) is 7.05 Å². The van der Waals surface area contributed by atoms with Crippen molar-refractivity contribution >= 4 is 17.1 Å². The number of hydrogen-bond donors (Lipinski definition) is 0. The Morgan fingerprint density at radius 2 is 2.50 bits per heavy atom. The number of hydrogen-bond acceptors (Lipinski definition) is 5. The Hall–Kier alpha value is -1.56. The third kappa shape index (κ3) is 1.69. The minimum atomic E-state index is 0.0311. The summed E-state index contributed by atoms with van der Waals surface area (Å²) < 4.78 is 1.60. The lowest BCUT2D eigenvalue weighted by molar-refractivity contribution is 0.0993. The first-order valence-electron chi connectivity index (χ1n) is 4.02. The van der Waals surface area contributed by atoms with E-state index in [0.717, 1.165) is 0 Å².